The lowest BCUT2D eigenvalue weighted by Crippen LogP contribution is -1.85. The number of benzene rings is 1. The molecule has 0 aliphatic rings. The van der Waals surface area contributed by atoms with E-state index in [4.69, 9.17) is 5.11 Å². The minimum Gasteiger partial charge on any atom is -0.478 e. The Morgan fingerprint density at radius 2 is 2.20 bits per heavy atom. The molecule has 0 unspecified atom stereocenters. The van der Waals surface area contributed by atoms with E-state index in [0.717, 1.165) is 22.7 Å². The summed E-state index contributed by atoms with van der Waals surface area (Å²) < 4.78 is 0. The third-order valence-electron chi connectivity index (χ3n) is 2.20. The molecule has 0 aliphatic carbocycles. The Hall–Kier alpha value is -2.03. The molecule has 3 nitrogen and oxygen atoms in total. The largest absolute Gasteiger partial charge is 0.478 e. The van der Waals surface area contributed by atoms with Crippen LogP contribution in [0.4, 0.5) is 0 Å². The van der Waals surface area contributed by atoms with E-state index >= 15 is 0 Å². The maximum absolute atomic E-state index is 10.3. The molecule has 2 rings (SSSR count). The average molecular weight is 201 g/mol. The Bertz CT molecular complexity index is 538. The summed E-state index contributed by atoms with van der Waals surface area (Å²) in [5, 5.41) is 9.59. The summed E-state index contributed by atoms with van der Waals surface area (Å²) in [5.74, 6) is -0.940. The van der Waals surface area contributed by atoms with Crippen LogP contribution in [0.2, 0.25) is 0 Å². The van der Waals surface area contributed by atoms with Crippen molar-refractivity contribution < 1.29 is 9.90 Å². The molecule has 3 heteroatoms. The molecule has 0 spiro atoms. The molecule has 0 aliphatic heterocycles. The van der Waals surface area contributed by atoms with Gasteiger partial charge >= 0.3 is 5.97 Å². The standard InChI is InChI=1S/C12H11NO2/c1-8-2-4-11-9(6-8)7-10(13-11)3-5-12(14)15/h2-7,13H,1H3,(H,14,15). The lowest BCUT2D eigenvalue weighted by atomic mass is 10.2. The van der Waals surface area contributed by atoms with E-state index in [0.29, 0.717) is 0 Å². The van der Waals surface area contributed by atoms with Gasteiger partial charge in [-0.25, -0.2) is 4.79 Å². The van der Waals surface area contributed by atoms with Gasteiger partial charge in [0.15, 0.2) is 0 Å². The normalized spacial score (nSPS) is 11.3. The van der Waals surface area contributed by atoms with Crippen LogP contribution in [0.3, 0.4) is 0 Å². The van der Waals surface area contributed by atoms with Crippen LogP contribution < -0.4 is 0 Å². The van der Waals surface area contributed by atoms with Gasteiger partial charge in [0.1, 0.15) is 0 Å². The molecule has 0 radical (unpaired) electrons. The quantitative estimate of drug-likeness (QED) is 0.734. The molecule has 0 bridgehead atoms. The van der Waals surface area contributed by atoms with Crippen LogP contribution in [0.1, 0.15) is 11.3 Å². The van der Waals surface area contributed by atoms with Crippen molar-refractivity contribution in [2.75, 3.05) is 0 Å². The fraction of sp³-hybridized carbons (Fsp3) is 0.0833. The number of aromatic nitrogens is 1. The second-order valence-electron chi connectivity index (χ2n) is 3.49. The molecule has 1 aromatic heterocycles. The molecule has 0 atom stereocenters. The summed E-state index contributed by atoms with van der Waals surface area (Å²) in [6, 6.07) is 8.00. The van der Waals surface area contributed by atoms with E-state index in [1.807, 2.05) is 25.1 Å². The monoisotopic (exact) mass is 201 g/mol. The van der Waals surface area contributed by atoms with Gasteiger partial charge in [-0.2, -0.15) is 0 Å². The van der Waals surface area contributed by atoms with Crippen LogP contribution >= 0.6 is 0 Å². The van der Waals surface area contributed by atoms with E-state index in [9.17, 15) is 4.79 Å². The smallest absolute Gasteiger partial charge is 0.328 e. The number of nitrogens with one attached hydrogen (secondary N) is 1. The fourth-order valence-corrected chi connectivity index (χ4v) is 1.53. The molecular formula is C12H11NO2. The van der Waals surface area contributed by atoms with Crippen LogP contribution in [-0.4, -0.2) is 16.1 Å². The Kier molecular flexibility index (Phi) is 2.29. The van der Waals surface area contributed by atoms with Crippen molar-refractivity contribution in [1.82, 2.24) is 4.98 Å². The van der Waals surface area contributed by atoms with Crippen molar-refractivity contribution in [3.05, 3.63) is 41.6 Å². The molecule has 0 saturated heterocycles. The SMILES string of the molecule is Cc1ccc2[nH]c(C=CC(=O)O)cc2c1. The number of rotatable bonds is 2. The molecule has 2 N–H and O–H groups in total. The van der Waals surface area contributed by atoms with Gasteiger partial charge in [0, 0.05) is 22.7 Å². The van der Waals surface area contributed by atoms with Gasteiger partial charge in [0.2, 0.25) is 0 Å². The second kappa shape index (κ2) is 3.61. The Morgan fingerprint density at radius 1 is 1.40 bits per heavy atom. The summed E-state index contributed by atoms with van der Waals surface area (Å²) in [6.45, 7) is 2.03. The van der Waals surface area contributed by atoms with Gasteiger partial charge in [-0.1, -0.05) is 11.6 Å². The van der Waals surface area contributed by atoms with Gasteiger partial charge in [-0.3, -0.25) is 0 Å². The zero-order valence-electron chi connectivity index (χ0n) is 8.32. The molecule has 0 saturated carbocycles. The Balaban J connectivity index is 2.43. The lowest BCUT2D eigenvalue weighted by molar-refractivity contribution is -0.131. The lowest BCUT2D eigenvalue weighted by Gasteiger charge is -1.90. The highest BCUT2D eigenvalue weighted by atomic mass is 16.4. The minimum absolute atomic E-state index is 0.804. The van der Waals surface area contributed by atoms with E-state index in [1.165, 1.54) is 5.56 Å². The average Bonchev–Trinajstić information content (AvgIpc) is 2.56. The van der Waals surface area contributed by atoms with Crippen molar-refractivity contribution in [3.8, 4) is 0 Å². The predicted molar refractivity (Wildman–Crippen MR) is 59.7 cm³/mol. The maximum atomic E-state index is 10.3. The van der Waals surface area contributed by atoms with Gasteiger partial charge in [-0.15, -0.1) is 0 Å². The van der Waals surface area contributed by atoms with Gasteiger partial charge in [0.05, 0.1) is 0 Å². The van der Waals surface area contributed by atoms with E-state index in [2.05, 4.69) is 11.1 Å². The maximum Gasteiger partial charge on any atom is 0.328 e. The molecule has 2 aromatic rings. The van der Waals surface area contributed by atoms with Crippen LogP contribution in [0.15, 0.2) is 30.3 Å². The molecule has 76 valence electrons. The zero-order valence-corrected chi connectivity index (χ0v) is 8.32. The summed E-state index contributed by atoms with van der Waals surface area (Å²) in [7, 11) is 0. The Labute approximate surface area is 87.0 Å². The number of aliphatic carboxylic acids is 1. The molecule has 1 heterocycles. The van der Waals surface area contributed by atoms with E-state index < -0.39 is 5.97 Å². The Morgan fingerprint density at radius 3 is 2.93 bits per heavy atom. The van der Waals surface area contributed by atoms with Crippen LogP contribution in [0, 0.1) is 6.92 Å². The third-order valence-corrected chi connectivity index (χ3v) is 2.20. The highest BCUT2D eigenvalue weighted by molar-refractivity contribution is 5.88. The van der Waals surface area contributed by atoms with E-state index in [-0.39, 0.29) is 0 Å². The van der Waals surface area contributed by atoms with Gasteiger partial charge in [0.25, 0.3) is 0 Å². The molecule has 0 fully saturated rings. The summed E-state index contributed by atoms with van der Waals surface area (Å²) in [6.07, 6.45) is 2.68. The van der Waals surface area contributed by atoms with Gasteiger partial charge < -0.3 is 10.1 Å². The number of aryl methyl sites for hydroxylation is 1. The summed E-state index contributed by atoms with van der Waals surface area (Å²) in [4.78, 5) is 13.5. The first-order valence-corrected chi connectivity index (χ1v) is 4.65. The number of aromatic amines is 1. The zero-order chi connectivity index (χ0) is 10.8. The van der Waals surface area contributed by atoms with Crippen molar-refractivity contribution in [3.63, 3.8) is 0 Å². The first kappa shape index (κ1) is 9.52. The van der Waals surface area contributed by atoms with Crippen LogP contribution in [0.5, 0.6) is 0 Å². The number of H-pyrrole nitrogens is 1. The highest BCUT2D eigenvalue weighted by Gasteiger charge is 1.98. The molecule has 1 aromatic carbocycles. The van der Waals surface area contributed by atoms with Crippen LogP contribution in [-0.2, 0) is 4.79 Å². The predicted octanol–water partition coefficient (Wildman–Crippen LogP) is 2.57. The van der Waals surface area contributed by atoms with E-state index in [1.54, 1.807) is 6.08 Å². The summed E-state index contributed by atoms with van der Waals surface area (Å²) >= 11 is 0. The first-order valence-electron chi connectivity index (χ1n) is 4.65. The second-order valence-corrected chi connectivity index (χ2v) is 3.49. The van der Waals surface area contributed by atoms with Crippen LogP contribution in [0.25, 0.3) is 17.0 Å². The third kappa shape index (κ3) is 2.07. The first-order chi connectivity index (χ1) is 7.15. The van der Waals surface area contributed by atoms with Crippen molar-refractivity contribution in [2.45, 2.75) is 6.92 Å². The van der Waals surface area contributed by atoms with Crippen molar-refractivity contribution in [2.24, 2.45) is 0 Å². The van der Waals surface area contributed by atoms with Crippen molar-refractivity contribution in [1.29, 1.82) is 0 Å². The topological polar surface area (TPSA) is 53.1 Å². The van der Waals surface area contributed by atoms with Gasteiger partial charge in [-0.05, 0) is 31.2 Å². The fourth-order valence-electron chi connectivity index (χ4n) is 1.53. The molecular weight excluding hydrogens is 190 g/mol. The molecule has 0 amide bonds. The number of carboxylic acids is 1. The molecule has 15 heavy (non-hydrogen) atoms. The number of carboxylic acid groups (broad SMARTS) is 1. The highest BCUT2D eigenvalue weighted by Crippen LogP contribution is 2.17. The number of hydrogen-bond acceptors (Lipinski definition) is 1. The summed E-state index contributed by atoms with van der Waals surface area (Å²) in [5.41, 5.74) is 3.01. The van der Waals surface area contributed by atoms with Crippen molar-refractivity contribution >= 4 is 22.9 Å². The number of fused-ring (bicyclic) bond motifs is 1. The number of carbonyl (C=O) groups is 1. The minimum atomic E-state index is -0.940. The number of hydrogen-bond donors (Lipinski definition) is 2.